The fourth-order valence-corrected chi connectivity index (χ4v) is 2.68. The van der Waals surface area contributed by atoms with E-state index >= 15 is 0 Å². The minimum Gasteiger partial charge on any atom is -0.383 e. The summed E-state index contributed by atoms with van der Waals surface area (Å²) in [7, 11) is 1.74. The lowest BCUT2D eigenvalue weighted by Crippen LogP contribution is -2.33. The van der Waals surface area contributed by atoms with Gasteiger partial charge in [0.1, 0.15) is 0 Å². The topological polar surface area (TPSA) is 21.3 Å². The zero-order chi connectivity index (χ0) is 13.0. The average molecular weight is 235 g/mol. The molecule has 0 fully saturated rings. The van der Waals surface area contributed by atoms with Crippen molar-refractivity contribution in [2.45, 2.75) is 46.7 Å². The number of aryl methyl sites for hydroxylation is 3. The Morgan fingerprint density at radius 1 is 1.12 bits per heavy atom. The van der Waals surface area contributed by atoms with Crippen LogP contribution in [0.15, 0.2) is 12.1 Å². The smallest absolute Gasteiger partial charge is 0.0613 e. The van der Waals surface area contributed by atoms with Gasteiger partial charge in [0.05, 0.1) is 6.61 Å². The summed E-state index contributed by atoms with van der Waals surface area (Å²) in [6.07, 6.45) is 0. The molecule has 2 heteroatoms. The zero-order valence-electron chi connectivity index (χ0n) is 11.9. The van der Waals surface area contributed by atoms with E-state index in [4.69, 9.17) is 4.74 Å². The number of benzene rings is 1. The Bertz CT molecular complexity index is 350. The molecular weight excluding hydrogens is 210 g/mol. The van der Waals surface area contributed by atoms with Crippen molar-refractivity contribution in [3.05, 3.63) is 34.4 Å². The highest BCUT2D eigenvalue weighted by molar-refractivity contribution is 5.39. The highest BCUT2D eigenvalue weighted by Crippen LogP contribution is 2.23. The van der Waals surface area contributed by atoms with E-state index in [0.717, 1.165) is 6.61 Å². The third kappa shape index (κ3) is 3.83. The van der Waals surface area contributed by atoms with Crippen LogP contribution in [0, 0.1) is 20.8 Å². The molecule has 0 heterocycles. The highest BCUT2D eigenvalue weighted by Gasteiger charge is 2.13. The van der Waals surface area contributed by atoms with Gasteiger partial charge in [0.15, 0.2) is 0 Å². The van der Waals surface area contributed by atoms with Gasteiger partial charge in [-0.05, 0) is 51.3 Å². The van der Waals surface area contributed by atoms with Crippen molar-refractivity contribution < 1.29 is 4.74 Å². The molecule has 1 aromatic carbocycles. The predicted octanol–water partition coefficient (Wildman–Crippen LogP) is 3.30. The summed E-state index contributed by atoms with van der Waals surface area (Å²) in [6, 6.07) is 5.24. The summed E-state index contributed by atoms with van der Waals surface area (Å²) in [5, 5.41) is 3.57. The third-order valence-electron chi connectivity index (χ3n) is 3.12. The molecule has 0 spiro atoms. The SMILES string of the molecule is COCC(C)NC(C)c1c(C)cc(C)cc1C. The molecule has 0 aromatic heterocycles. The van der Waals surface area contributed by atoms with Crippen molar-refractivity contribution in [3.8, 4) is 0 Å². The first-order valence-corrected chi connectivity index (χ1v) is 6.28. The lowest BCUT2D eigenvalue weighted by atomic mass is 9.94. The predicted molar refractivity (Wildman–Crippen MR) is 73.5 cm³/mol. The van der Waals surface area contributed by atoms with Crippen LogP contribution in [-0.4, -0.2) is 19.8 Å². The molecule has 2 unspecified atom stereocenters. The number of hydrogen-bond acceptors (Lipinski definition) is 2. The van der Waals surface area contributed by atoms with Crippen LogP contribution in [0.1, 0.15) is 42.1 Å². The summed E-state index contributed by atoms with van der Waals surface area (Å²) < 4.78 is 5.16. The van der Waals surface area contributed by atoms with E-state index in [-0.39, 0.29) is 0 Å². The summed E-state index contributed by atoms with van der Waals surface area (Å²) in [5.41, 5.74) is 5.48. The Hall–Kier alpha value is -0.860. The van der Waals surface area contributed by atoms with Crippen molar-refractivity contribution in [3.63, 3.8) is 0 Å². The van der Waals surface area contributed by atoms with Crippen molar-refractivity contribution in [1.82, 2.24) is 5.32 Å². The van der Waals surface area contributed by atoms with Crippen molar-refractivity contribution in [2.75, 3.05) is 13.7 Å². The molecule has 0 aliphatic rings. The van der Waals surface area contributed by atoms with Gasteiger partial charge >= 0.3 is 0 Å². The van der Waals surface area contributed by atoms with Crippen molar-refractivity contribution >= 4 is 0 Å². The molecule has 2 atom stereocenters. The fraction of sp³-hybridized carbons (Fsp3) is 0.600. The van der Waals surface area contributed by atoms with E-state index in [1.807, 2.05) is 0 Å². The molecule has 1 aromatic rings. The van der Waals surface area contributed by atoms with Crippen LogP contribution in [0.25, 0.3) is 0 Å². The van der Waals surface area contributed by atoms with Gasteiger partial charge in [-0.1, -0.05) is 17.7 Å². The summed E-state index contributed by atoms with van der Waals surface area (Å²) in [5.74, 6) is 0. The lowest BCUT2D eigenvalue weighted by Gasteiger charge is -2.23. The lowest BCUT2D eigenvalue weighted by molar-refractivity contribution is 0.167. The number of hydrogen-bond donors (Lipinski definition) is 1. The Kier molecular flexibility index (Phi) is 5.16. The van der Waals surface area contributed by atoms with Gasteiger partial charge in [-0.15, -0.1) is 0 Å². The van der Waals surface area contributed by atoms with Crippen LogP contribution in [0.5, 0.6) is 0 Å². The standard InChI is InChI=1S/C15H25NO/c1-10-7-11(2)15(12(3)8-10)14(5)16-13(4)9-17-6/h7-8,13-14,16H,9H2,1-6H3. The molecule has 0 aliphatic heterocycles. The van der Waals surface area contributed by atoms with E-state index < -0.39 is 0 Å². The van der Waals surface area contributed by atoms with Gasteiger partial charge in [0.25, 0.3) is 0 Å². The van der Waals surface area contributed by atoms with Crippen LogP contribution in [0.3, 0.4) is 0 Å². The van der Waals surface area contributed by atoms with E-state index in [1.54, 1.807) is 7.11 Å². The largest absolute Gasteiger partial charge is 0.383 e. The normalized spacial score (nSPS) is 14.7. The van der Waals surface area contributed by atoms with Gasteiger partial charge in [-0.25, -0.2) is 0 Å². The molecule has 0 bridgehead atoms. The van der Waals surface area contributed by atoms with E-state index in [2.05, 4.69) is 52.1 Å². The molecule has 0 amide bonds. The van der Waals surface area contributed by atoms with Gasteiger partial charge in [0.2, 0.25) is 0 Å². The Balaban J connectivity index is 2.85. The molecule has 96 valence electrons. The summed E-state index contributed by atoms with van der Waals surface area (Å²) in [6.45, 7) is 11.6. The molecule has 0 saturated heterocycles. The molecule has 2 nitrogen and oxygen atoms in total. The van der Waals surface area contributed by atoms with Crippen molar-refractivity contribution in [1.29, 1.82) is 0 Å². The number of methoxy groups -OCH3 is 1. The molecule has 0 radical (unpaired) electrons. The second-order valence-corrected chi connectivity index (χ2v) is 5.06. The average Bonchev–Trinajstić information content (AvgIpc) is 2.15. The fourth-order valence-electron chi connectivity index (χ4n) is 2.68. The van der Waals surface area contributed by atoms with Gasteiger partial charge in [-0.2, -0.15) is 0 Å². The highest BCUT2D eigenvalue weighted by atomic mass is 16.5. The van der Waals surface area contributed by atoms with Crippen molar-refractivity contribution in [2.24, 2.45) is 0 Å². The first kappa shape index (κ1) is 14.2. The van der Waals surface area contributed by atoms with Crippen LogP contribution in [-0.2, 0) is 4.74 Å². The van der Waals surface area contributed by atoms with Gasteiger partial charge in [-0.3, -0.25) is 0 Å². The number of rotatable bonds is 5. The van der Waals surface area contributed by atoms with E-state index in [1.165, 1.54) is 22.3 Å². The molecule has 1 rings (SSSR count). The maximum atomic E-state index is 5.16. The molecule has 17 heavy (non-hydrogen) atoms. The first-order chi connectivity index (χ1) is 7.95. The van der Waals surface area contributed by atoms with E-state index in [0.29, 0.717) is 12.1 Å². The minimum atomic E-state index is 0.362. The van der Waals surface area contributed by atoms with Crippen LogP contribution < -0.4 is 5.32 Å². The van der Waals surface area contributed by atoms with Crippen LogP contribution in [0.2, 0.25) is 0 Å². The quantitative estimate of drug-likeness (QED) is 0.845. The molecular formula is C15H25NO. The third-order valence-corrected chi connectivity index (χ3v) is 3.12. The molecule has 1 N–H and O–H groups in total. The Morgan fingerprint density at radius 3 is 2.12 bits per heavy atom. The number of ether oxygens (including phenoxy) is 1. The summed E-state index contributed by atoms with van der Waals surface area (Å²) >= 11 is 0. The van der Waals surface area contributed by atoms with Crippen LogP contribution in [0.4, 0.5) is 0 Å². The molecule has 0 aliphatic carbocycles. The zero-order valence-corrected chi connectivity index (χ0v) is 11.9. The second kappa shape index (κ2) is 6.18. The second-order valence-electron chi connectivity index (χ2n) is 5.06. The maximum absolute atomic E-state index is 5.16. The van der Waals surface area contributed by atoms with Crippen LogP contribution >= 0.6 is 0 Å². The monoisotopic (exact) mass is 235 g/mol. The Morgan fingerprint density at radius 2 is 1.65 bits per heavy atom. The Labute approximate surface area is 105 Å². The number of nitrogens with one attached hydrogen (secondary N) is 1. The minimum absolute atomic E-state index is 0.362. The van der Waals surface area contributed by atoms with Gasteiger partial charge < -0.3 is 10.1 Å². The maximum Gasteiger partial charge on any atom is 0.0613 e. The van der Waals surface area contributed by atoms with E-state index in [9.17, 15) is 0 Å². The first-order valence-electron chi connectivity index (χ1n) is 6.28. The van der Waals surface area contributed by atoms with Gasteiger partial charge in [0, 0.05) is 19.2 Å². The molecule has 0 saturated carbocycles. The summed E-state index contributed by atoms with van der Waals surface area (Å²) in [4.78, 5) is 0.